The molecule has 0 aliphatic heterocycles. The minimum absolute atomic E-state index is 0. The summed E-state index contributed by atoms with van der Waals surface area (Å²) in [7, 11) is 0. The van der Waals surface area contributed by atoms with Crippen molar-refractivity contribution >= 4 is 43.9 Å². The molecule has 5 aromatic carbocycles. The van der Waals surface area contributed by atoms with Crippen LogP contribution >= 0.6 is 0 Å². The molecular formula is C38H27N2O3Pt-. The van der Waals surface area contributed by atoms with Crippen LogP contribution in [0, 0.1) is 6.07 Å². The molecule has 0 atom stereocenters. The second kappa shape index (κ2) is 10.5. The van der Waals surface area contributed by atoms with Crippen molar-refractivity contribution < 1.29 is 35.0 Å². The Morgan fingerprint density at radius 1 is 0.705 bits per heavy atom. The standard InChI is InChI=1S/C38H27N2O3.Pt/c1-38(2,3)24-18-22-10-9-17-39-34(22)28(21-24)30-20-23(19-29-26-11-5-7-15-32(26)42-36(29)30)25-13-8-16-33-35(25)40-37(43-33)27-12-4-6-14-31(27)41;/h4-19,21,41H,1-3H3;/q-1;. The van der Waals surface area contributed by atoms with Crippen LogP contribution in [0.3, 0.4) is 0 Å². The van der Waals surface area contributed by atoms with E-state index in [9.17, 15) is 5.11 Å². The molecule has 0 unspecified atom stereocenters. The van der Waals surface area contributed by atoms with E-state index < -0.39 is 0 Å². The summed E-state index contributed by atoms with van der Waals surface area (Å²) in [5.74, 6) is 0.484. The minimum Gasteiger partial charge on any atom is -0.507 e. The molecule has 1 N–H and O–H groups in total. The van der Waals surface area contributed by atoms with Crippen LogP contribution in [0.25, 0.3) is 77.6 Å². The molecule has 5 nitrogen and oxygen atoms in total. The first kappa shape index (κ1) is 28.1. The number of furan rings is 1. The van der Waals surface area contributed by atoms with Gasteiger partial charge in [0.1, 0.15) is 16.9 Å². The minimum atomic E-state index is -0.0743. The third kappa shape index (κ3) is 4.51. The predicted octanol–water partition coefficient (Wildman–Crippen LogP) is 10.1. The molecule has 0 saturated carbocycles. The first-order valence-corrected chi connectivity index (χ1v) is 14.3. The van der Waals surface area contributed by atoms with Gasteiger partial charge < -0.3 is 13.9 Å². The maximum atomic E-state index is 10.5. The van der Waals surface area contributed by atoms with E-state index in [1.54, 1.807) is 18.2 Å². The summed E-state index contributed by atoms with van der Waals surface area (Å²) in [6.07, 6.45) is 1.83. The molecule has 0 radical (unpaired) electrons. The van der Waals surface area contributed by atoms with E-state index in [1.807, 2.05) is 54.7 Å². The monoisotopic (exact) mass is 754 g/mol. The zero-order chi connectivity index (χ0) is 29.3. The van der Waals surface area contributed by atoms with Gasteiger partial charge in [-0.2, -0.15) is 0 Å². The van der Waals surface area contributed by atoms with Gasteiger partial charge in [-0.3, -0.25) is 4.98 Å². The van der Waals surface area contributed by atoms with E-state index in [0.717, 1.165) is 55.1 Å². The number of fused-ring (bicyclic) bond motifs is 5. The molecule has 218 valence electrons. The number of hydrogen-bond acceptors (Lipinski definition) is 5. The molecule has 3 heterocycles. The normalized spacial score (nSPS) is 11.9. The first-order chi connectivity index (χ1) is 20.8. The van der Waals surface area contributed by atoms with Gasteiger partial charge >= 0.3 is 0 Å². The van der Waals surface area contributed by atoms with E-state index in [1.165, 1.54) is 5.56 Å². The Labute approximate surface area is 268 Å². The number of oxazole rings is 1. The molecule has 0 bridgehead atoms. The molecule has 0 saturated heterocycles. The number of aromatic nitrogens is 2. The van der Waals surface area contributed by atoms with Crippen LogP contribution in [0.5, 0.6) is 5.75 Å². The molecule has 0 aliphatic rings. The predicted molar refractivity (Wildman–Crippen MR) is 172 cm³/mol. The second-order valence-electron chi connectivity index (χ2n) is 11.9. The number of rotatable bonds is 3. The van der Waals surface area contributed by atoms with Crippen molar-refractivity contribution in [3.05, 3.63) is 115 Å². The number of benzene rings is 5. The maximum Gasteiger partial charge on any atom is 0.230 e. The van der Waals surface area contributed by atoms with Crippen LogP contribution < -0.4 is 0 Å². The van der Waals surface area contributed by atoms with Crippen LogP contribution in [0.2, 0.25) is 0 Å². The average molecular weight is 755 g/mol. The Bertz CT molecular complexity index is 2360. The number of pyridine rings is 1. The fraction of sp³-hybridized carbons (Fsp3) is 0.105. The van der Waals surface area contributed by atoms with Crippen molar-refractivity contribution in [1.82, 2.24) is 9.97 Å². The number of para-hydroxylation sites is 3. The average Bonchev–Trinajstić information content (AvgIpc) is 3.62. The maximum absolute atomic E-state index is 10.5. The smallest absolute Gasteiger partial charge is 0.230 e. The van der Waals surface area contributed by atoms with E-state index in [0.29, 0.717) is 22.6 Å². The van der Waals surface area contributed by atoms with Gasteiger partial charge in [-0.1, -0.05) is 98.1 Å². The van der Waals surface area contributed by atoms with E-state index in [2.05, 4.69) is 57.2 Å². The summed E-state index contributed by atoms with van der Waals surface area (Å²) in [5.41, 5.74) is 9.03. The number of phenolic OH excluding ortho intramolecular Hbond substituents is 1. The van der Waals surface area contributed by atoms with Gasteiger partial charge in [0.15, 0.2) is 0 Å². The van der Waals surface area contributed by atoms with E-state index in [-0.39, 0.29) is 32.2 Å². The van der Waals surface area contributed by atoms with Gasteiger partial charge in [-0.05, 0) is 52.1 Å². The quantitative estimate of drug-likeness (QED) is 0.182. The van der Waals surface area contributed by atoms with Gasteiger partial charge in [-0.15, -0.1) is 17.7 Å². The number of nitrogens with zero attached hydrogens (tertiary/aromatic N) is 2. The fourth-order valence-corrected chi connectivity index (χ4v) is 5.85. The molecule has 8 aromatic rings. The van der Waals surface area contributed by atoms with Crippen LogP contribution in [-0.4, -0.2) is 15.1 Å². The van der Waals surface area contributed by atoms with Gasteiger partial charge in [0.05, 0.1) is 16.7 Å². The molecule has 8 rings (SSSR count). The molecule has 0 aliphatic carbocycles. The fourth-order valence-electron chi connectivity index (χ4n) is 5.85. The van der Waals surface area contributed by atoms with Crippen LogP contribution in [0.15, 0.2) is 112 Å². The third-order valence-corrected chi connectivity index (χ3v) is 8.09. The van der Waals surface area contributed by atoms with Crippen LogP contribution in [0.1, 0.15) is 26.3 Å². The number of phenols is 1. The van der Waals surface area contributed by atoms with Gasteiger partial charge in [-0.25, -0.2) is 4.98 Å². The number of aromatic hydroxyl groups is 1. The topological polar surface area (TPSA) is 72.3 Å². The molecule has 0 spiro atoms. The summed E-state index contributed by atoms with van der Waals surface area (Å²) >= 11 is 0. The van der Waals surface area contributed by atoms with Crippen molar-refractivity contribution in [3.8, 4) is 39.5 Å². The molecule has 44 heavy (non-hydrogen) atoms. The van der Waals surface area contributed by atoms with Gasteiger partial charge in [0.2, 0.25) is 5.89 Å². The van der Waals surface area contributed by atoms with Crippen molar-refractivity contribution in [2.45, 2.75) is 26.2 Å². The van der Waals surface area contributed by atoms with Gasteiger partial charge in [0, 0.05) is 38.2 Å². The molecule has 0 fully saturated rings. The van der Waals surface area contributed by atoms with Crippen molar-refractivity contribution in [2.24, 2.45) is 0 Å². The van der Waals surface area contributed by atoms with E-state index >= 15 is 0 Å². The molecule has 3 aromatic heterocycles. The van der Waals surface area contributed by atoms with Crippen molar-refractivity contribution in [3.63, 3.8) is 0 Å². The van der Waals surface area contributed by atoms with Crippen LogP contribution in [-0.2, 0) is 26.5 Å². The first-order valence-electron chi connectivity index (χ1n) is 14.3. The summed E-state index contributed by atoms with van der Waals surface area (Å²) in [6, 6.07) is 35.4. The van der Waals surface area contributed by atoms with Gasteiger partial charge in [0.25, 0.3) is 0 Å². The van der Waals surface area contributed by atoms with Crippen molar-refractivity contribution in [1.29, 1.82) is 0 Å². The third-order valence-electron chi connectivity index (χ3n) is 8.09. The summed E-state index contributed by atoms with van der Waals surface area (Å²) in [4.78, 5) is 9.69. The SMILES string of the molecule is CC(C)(C)c1cc(-c2[c-]c(-c3cccc4oc(-c5ccccc5O)nc34)cc3c2oc2ccccc23)c2ncccc2c1.[Pt]. The zero-order valence-corrected chi connectivity index (χ0v) is 26.6. The van der Waals surface area contributed by atoms with Crippen LogP contribution in [0.4, 0.5) is 0 Å². The van der Waals surface area contributed by atoms with Crippen molar-refractivity contribution in [2.75, 3.05) is 0 Å². The second-order valence-corrected chi connectivity index (χ2v) is 11.9. The Balaban J connectivity index is 0.00000312. The zero-order valence-electron chi connectivity index (χ0n) is 24.3. The summed E-state index contributed by atoms with van der Waals surface area (Å²) in [6.45, 7) is 6.66. The Morgan fingerprint density at radius 3 is 2.32 bits per heavy atom. The summed E-state index contributed by atoms with van der Waals surface area (Å²) in [5, 5.41) is 13.6. The largest absolute Gasteiger partial charge is 0.507 e. The number of hydrogen-bond donors (Lipinski definition) is 1. The summed E-state index contributed by atoms with van der Waals surface area (Å²) < 4.78 is 12.7. The molecule has 6 heteroatoms. The Hall–Kier alpha value is -4.73. The van der Waals surface area contributed by atoms with E-state index in [4.69, 9.17) is 18.8 Å². The molecular weight excluding hydrogens is 728 g/mol. The Morgan fingerprint density at radius 2 is 1.48 bits per heavy atom. The Kier molecular flexibility index (Phi) is 6.67. The molecule has 0 amide bonds.